The van der Waals surface area contributed by atoms with Gasteiger partial charge in [0.05, 0.1) is 0 Å². The van der Waals surface area contributed by atoms with E-state index in [4.69, 9.17) is 0 Å². The van der Waals surface area contributed by atoms with Gasteiger partial charge in [-0.05, 0) is 19.1 Å². The Balaban J connectivity index is 1.93. The van der Waals surface area contributed by atoms with Crippen LogP contribution in [0, 0.1) is 6.92 Å². The standard InChI is InChI=1S/C14H20N2OS/c1-11-3-5-13(6-4-11)16(2)14(17)9-12-10-18-8-7-15-12/h3-6,12,15H,7-10H2,1-2H3. The van der Waals surface area contributed by atoms with Gasteiger partial charge in [0, 0.05) is 43.2 Å². The molecule has 4 heteroatoms. The Bertz CT molecular complexity index is 399. The summed E-state index contributed by atoms with van der Waals surface area (Å²) < 4.78 is 0. The Hall–Kier alpha value is -1.00. The lowest BCUT2D eigenvalue weighted by Gasteiger charge is -2.25. The van der Waals surface area contributed by atoms with Crippen molar-refractivity contribution in [1.29, 1.82) is 0 Å². The Morgan fingerprint density at radius 3 is 2.78 bits per heavy atom. The maximum atomic E-state index is 12.2. The van der Waals surface area contributed by atoms with E-state index in [1.165, 1.54) is 5.56 Å². The van der Waals surface area contributed by atoms with Crippen molar-refractivity contribution < 1.29 is 4.79 Å². The molecule has 0 aromatic heterocycles. The molecule has 1 N–H and O–H groups in total. The monoisotopic (exact) mass is 264 g/mol. The summed E-state index contributed by atoms with van der Waals surface area (Å²) in [5, 5.41) is 3.40. The summed E-state index contributed by atoms with van der Waals surface area (Å²) in [6.07, 6.45) is 0.581. The molecule has 1 heterocycles. The van der Waals surface area contributed by atoms with Gasteiger partial charge in [-0.15, -0.1) is 0 Å². The first kappa shape index (κ1) is 13.4. The molecule has 18 heavy (non-hydrogen) atoms. The van der Waals surface area contributed by atoms with E-state index in [0.717, 1.165) is 23.7 Å². The smallest absolute Gasteiger partial charge is 0.228 e. The third-order valence-electron chi connectivity index (χ3n) is 3.21. The van der Waals surface area contributed by atoms with Crippen LogP contribution in [0.2, 0.25) is 0 Å². The lowest BCUT2D eigenvalue weighted by atomic mass is 10.2. The first-order chi connectivity index (χ1) is 8.66. The zero-order chi connectivity index (χ0) is 13.0. The summed E-state index contributed by atoms with van der Waals surface area (Å²) in [5.74, 6) is 2.37. The first-order valence-corrected chi connectivity index (χ1v) is 7.46. The molecule has 2 rings (SSSR count). The van der Waals surface area contributed by atoms with E-state index < -0.39 is 0 Å². The van der Waals surface area contributed by atoms with Crippen molar-refractivity contribution in [2.75, 3.05) is 30.0 Å². The van der Waals surface area contributed by atoms with Crippen LogP contribution in [0.15, 0.2) is 24.3 Å². The molecule has 0 aliphatic carbocycles. The summed E-state index contributed by atoms with van der Waals surface area (Å²) in [5.41, 5.74) is 2.18. The molecule has 1 aromatic carbocycles. The zero-order valence-electron chi connectivity index (χ0n) is 11.0. The van der Waals surface area contributed by atoms with E-state index in [1.54, 1.807) is 4.90 Å². The van der Waals surface area contributed by atoms with Crippen LogP contribution in [-0.2, 0) is 4.79 Å². The molecule has 1 aliphatic rings. The van der Waals surface area contributed by atoms with E-state index in [2.05, 4.69) is 12.2 Å². The van der Waals surface area contributed by atoms with Crippen LogP contribution < -0.4 is 10.2 Å². The molecule has 0 radical (unpaired) electrons. The summed E-state index contributed by atoms with van der Waals surface area (Å²) in [7, 11) is 1.85. The molecule has 1 amide bonds. The Morgan fingerprint density at radius 2 is 2.17 bits per heavy atom. The number of nitrogens with zero attached hydrogens (tertiary/aromatic N) is 1. The van der Waals surface area contributed by atoms with Crippen LogP contribution in [0.4, 0.5) is 5.69 Å². The molecule has 1 aliphatic heterocycles. The highest BCUT2D eigenvalue weighted by atomic mass is 32.2. The SMILES string of the molecule is Cc1ccc(N(C)C(=O)CC2CSCCN2)cc1. The first-order valence-electron chi connectivity index (χ1n) is 6.31. The number of anilines is 1. The van der Waals surface area contributed by atoms with Gasteiger partial charge in [0.1, 0.15) is 0 Å². The van der Waals surface area contributed by atoms with Crippen molar-refractivity contribution in [1.82, 2.24) is 5.32 Å². The lowest BCUT2D eigenvalue weighted by Crippen LogP contribution is -2.41. The van der Waals surface area contributed by atoms with Gasteiger partial charge in [0.25, 0.3) is 0 Å². The fraction of sp³-hybridized carbons (Fsp3) is 0.500. The molecule has 98 valence electrons. The number of nitrogens with one attached hydrogen (secondary N) is 1. The van der Waals surface area contributed by atoms with Crippen LogP contribution in [0.1, 0.15) is 12.0 Å². The molecule has 1 fully saturated rings. The van der Waals surface area contributed by atoms with Gasteiger partial charge in [-0.2, -0.15) is 11.8 Å². The summed E-state index contributed by atoms with van der Waals surface area (Å²) in [6, 6.07) is 8.39. The van der Waals surface area contributed by atoms with Gasteiger partial charge < -0.3 is 10.2 Å². The Morgan fingerprint density at radius 1 is 1.44 bits per heavy atom. The van der Waals surface area contributed by atoms with Gasteiger partial charge in [0.2, 0.25) is 5.91 Å². The van der Waals surface area contributed by atoms with Crippen molar-refractivity contribution in [3.8, 4) is 0 Å². The van der Waals surface area contributed by atoms with Gasteiger partial charge >= 0.3 is 0 Å². The van der Waals surface area contributed by atoms with Crippen LogP contribution in [0.3, 0.4) is 0 Å². The fourth-order valence-corrected chi connectivity index (χ4v) is 2.96. The zero-order valence-corrected chi connectivity index (χ0v) is 11.8. The lowest BCUT2D eigenvalue weighted by molar-refractivity contribution is -0.118. The van der Waals surface area contributed by atoms with Crippen molar-refractivity contribution in [2.45, 2.75) is 19.4 Å². The van der Waals surface area contributed by atoms with Crippen molar-refractivity contribution >= 4 is 23.4 Å². The molecule has 0 saturated carbocycles. The predicted molar refractivity (Wildman–Crippen MR) is 78.3 cm³/mol. The minimum Gasteiger partial charge on any atom is -0.315 e. The van der Waals surface area contributed by atoms with Gasteiger partial charge in [0.15, 0.2) is 0 Å². The number of rotatable bonds is 3. The Kier molecular flexibility index (Phi) is 4.66. The quantitative estimate of drug-likeness (QED) is 0.907. The highest BCUT2D eigenvalue weighted by molar-refractivity contribution is 7.99. The maximum Gasteiger partial charge on any atom is 0.228 e. The number of aryl methyl sites for hydroxylation is 1. The summed E-state index contributed by atoms with van der Waals surface area (Å²) >= 11 is 1.92. The third-order valence-corrected chi connectivity index (χ3v) is 4.35. The van der Waals surface area contributed by atoms with Gasteiger partial charge in [-0.1, -0.05) is 17.7 Å². The second kappa shape index (κ2) is 6.25. The fourth-order valence-electron chi connectivity index (χ4n) is 2.01. The van der Waals surface area contributed by atoms with Crippen LogP contribution in [0.25, 0.3) is 0 Å². The van der Waals surface area contributed by atoms with E-state index >= 15 is 0 Å². The highest BCUT2D eigenvalue weighted by Gasteiger charge is 2.19. The van der Waals surface area contributed by atoms with E-state index in [9.17, 15) is 4.79 Å². The topological polar surface area (TPSA) is 32.3 Å². The highest BCUT2D eigenvalue weighted by Crippen LogP contribution is 2.16. The van der Waals surface area contributed by atoms with Crippen LogP contribution in [-0.4, -0.2) is 37.0 Å². The number of benzene rings is 1. The predicted octanol–water partition coefficient (Wildman–Crippen LogP) is 2.05. The molecule has 0 bridgehead atoms. The minimum atomic E-state index is 0.179. The molecular formula is C14H20N2OS. The van der Waals surface area contributed by atoms with Crippen LogP contribution >= 0.6 is 11.8 Å². The van der Waals surface area contributed by atoms with Crippen molar-refractivity contribution in [3.63, 3.8) is 0 Å². The largest absolute Gasteiger partial charge is 0.315 e. The maximum absolute atomic E-state index is 12.2. The van der Waals surface area contributed by atoms with Crippen molar-refractivity contribution in [2.24, 2.45) is 0 Å². The average molecular weight is 264 g/mol. The van der Waals surface area contributed by atoms with E-state index in [1.807, 2.05) is 43.1 Å². The number of carbonyl (C=O) groups excluding carboxylic acids is 1. The molecule has 0 spiro atoms. The molecule has 1 aromatic rings. The molecule has 3 nitrogen and oxygen atoms in total. The second-order valence-corrected chi connectivity index (χ2v) is 5.87. The Labute approximate surface area is 113 Å². The molecule has 1 atom stereocenters. The third kappa shape index (κ3) is 3.50. The average Bonchev–Trinajstić information content (AvgIpc) is 2.40. The van der Waals surface area contributed by atoms with E-state index in [-0.39, 0.29) is 5.91 Å². The molecular weight excluding hydrogens is 244 g/mol. The normalized spacial score (nSPS) is 19.6. The van der Waals surface area contributed by atoms with Crippen LogP contribution in [0.5, 0.6) is 0 Å². The summed E-state index contributed by atoms with van der Waals surface area (Å²) in [6.45, 7) is 3.06. The molecule has 1 unspecified atom stereocenters. The molecule has 1 saturated heterocycles. The number of hydrogen-bond acceptors (Lipinski definition) is 3. The van der Waals surface area contributed by atoms with Gasteiger partial charge in [-0.25, -0.2) is 0 Å². The summed E-state index contributed by atoms with van der Waals surface area (Å²) in [4.78, 5) is 13.9. The van der Waals surface area contributed by atoms with Gasteiger partial charge in [-0.3, -0.25) is 4.79 Å². The number of hydrogen-bond donors (Lipinski definition) is 1. The number of carbonyl (C=O) groups is 1. The number of thioether (sulfide) groups is 1. The van der Waals surface area contributed by atoms with Crippen molar-refractivity contribution in [3.05, 3.63) is 29.8 Å². The number of amides is 1. The van der Waals surface area contributed by atoms with E-state index in [0.29, 0.717) is 12.5 Å². The second-order valence-electron chi connectivity index (χ2n) is 4.72. The minimum absolute atomic E-state index is 0.179.